The number of fused-ring (bicyclic) bond motifs is 2. The zero-order chi connectivity index (χ0) is 31.4. The van der Waals surface area contributed by atoms with Crippen LogP contribution in [0.2, 0.25) is 0 Å². The average Bonchev–Trinajstić information content (AvgIpc) is 3.04. The van der Waals surface area contributed by atoms with E-state index < -0.39 is 53.0 Å². The summed E-state index contributed by atoms with van der Waals surface area (Å²) in [5.41, 5.74) is -2.17. The second-order valence-corrected chi connectivity index (χ2v) is 10.3. The SMILES string of the molecule is O=C(OCCOCCOc1ccccc1)C1C2C=CC(C1C(=O)O)C(C(=O)O)(C(=O)OCCOCCOc1ccccc1)C2. The number of rotatable bonds is 18. The fourth-order valence-electron chi connectivity index (χ4n) is 5.62. The number of carboxylic acid groups (broad SMARTS) is 2. The summed E-state index contributed by atoms with van der Waals surface area (Å²) in [7, 11) is 0. The van der Waals surface area contributed by atoms with Gasteiger partial charge < -0.3 is 38.6 Å². The van der Waals surface area contributed by atoms with Gasteiger partial charge in [0.15, 0.2) is 5.41 Å². The van der Waals surface area contributed by atoms with Gasteiger partial charge in [-0.1, -0.05) is 48.6 Å². The Morgan fingerprint density at radius 3 is 1.70 bits per heavy atom. The second-order valence-electron chi connectivity index (χ2n) is 10.3. The van der Waals surface area contributed by atoms with Crippen LogP contribution in [0.25, 0.3) is 0 Å². The smallest absolute Gasteiger partial charge is 0.324 e. The van der Waals surface area contributed by atoms with Crippen LogP contribution in [-0.2, 0) is 38.1 Å². The first-order valence-corrected chi connectivity index (χ1v) is 14.3. The lowest BCUT2D eigenvalue weighted by Gasteiger charge is -2.49. The molecule has 2 aromatic carbocycles. The van der Waals surface area contributed by atoms with Crippen molar-refractivity contribution in [2.24, 2.45) is 29.1 Å². The Balaban J connectivity index is 1.25. The number of para-hydroxylation sites is 2. The summed E-state index contributed by atoms with van der Waals surface area (Å²) in [5, 5.41) is 20.2. The van der Waals surface area contributed by atoms with Crippen LogP contribution in [0.4, 0.5) is 0 Å². The van der Waals surface area contributed by atoms with Gasteiger partial charge in [0.1, 0.15) is 37.9 Å². The van der Waals surface area contributed by atoms with Crippen LogP contribution in [0, 0.1) is 29.1 Å². The van der Waals surface area contributed by atoms with E-state index >= 15 is 0 Å². The van der Waals surface area contributed by atoms with Crippen LogP contribution in [-0.4, -0.2) is 86.9 Å². The number of aliphatic carboxylic acids is 2. The summed E-state index contributed by atoms with van der Waals surface area (Å²) < 4.78 is 32.5. The predicted molar refractivity (Wildman–Crippen MR) is 153 cm³/mol. The first kappa shape index (κ1) is 32.5. The van der Waals surface area contributed by atoms with E-state index in [9.17, 15) is 29.4 Å². The van der Waals surface area contributed by atoms with E-state index in [1.165, 1.54) is 6.08 Å². The predicted octanol–water partition coefficient (Wildman–Crippen LogP) is 2.86. The number of carbonyl (C=O) groups excluding carboxylic acids is 2. The molecule has 0 saturated heterocycles. The molecule has 0 amide bonds. The molecule has 236 valence electrons. The molecule has 3 aliphatic rings. The van der Waals surface area contributed by atoms with E-state index in [1.54, 1.807) is 18.2 Å². The van der Waals surface area contributed by atoms with Crippen LogP contribution in [0.5, 0.6) is 11.5 Å². The van der Waals surface area contributed by atoms with Crippen molar-refractivity contribution in [3.63, 3.8) is 0 Å². The van der Waals surface area contributed by atoms with E-state index in [4.69, 9.17) is 28.4 Å². The van der Waals surface area contributed by atoms with Crippen molar-refractivity contribution < 1.29 is 57.8 Å². The lowest BCUT2D eigenvalue weighted by molar-refractivity contribution is -0.190. The van der Waals surface area contributed by atoms with Gasteiger partial charge >= 0.3 is 23.9 Å². The summed E-state index contributed by atoms with van der Waals surface area (Å²) in [5.74, 6) is -8.25. The summed E-state index contributed by atoms with van der Waals surface area (Å²) >= 11 is 0. The summed E-state index contributed by atoms with van der Waals surface area (Å²) in [6.45, 7) is 0.691. The molecule has 2 bridgehead atoms. The topological polar surface area (TPSA) is 164 Å². The Kier molecular flexibility index (Phi) is 11.7. The number of ether oxygens (including phenoxy) is 6. The Hall–Kier alpha value is -4.42. The third-order valence-electron chi connectivity index (χ3n) is 7.64. The largest absolute Gasteiger partial charge is 0.491 e. The Labute approximate surface area is 254 Å². The zero-order valence-electron chi connectivity index (χ0n) is 24.1. The molecule has 1 fully saturated rings. The highest BCUT2D eigenvalue weighted by Gasteiger charge is 2.66. The molecule has 0 aliphatic heterocycles. The number of hydrogen-bond donors (Lipinski definition) is 2. The average molecular weight is 613 g/mol. The summed E-state index contributed by atoms with van der Waals surface area (Å²) in [6.07, 6.45) is 2.67. The van der Waals surface area contributed by atoms with E-state index in [2.05, 4.69) is 0 Å². The number of benzene rings is 2. The lowest BCUT2D eigenvalue weighted by Crippen LogP contribution is -2.60. The molecule has 3 aliphatic carbocycles. The monoisotopic (exact) mass is 612 g/mol. The summed E-state index contributed by atoms with van der Waals surface area (Å²) in [4.78, 5) is 51.1. The molecule has 5 unspecified atom stereocenters. The van der Waals surface area contributed by atoms with E-state index in [0.29, 0.717) is 18.1 Å². The van der Waals surface area contributed by atoms with Crippen molar-refractivity contribution in [3.8, 4) is 11.5 Å². The lowest BCUT2D eigenvalue weighted by atomic mass is 9.51. The molecule has 5 atom stereocenters. The quantitative estimate of drug-likeness (QED) is 0.110. The van der Waals surface area contributed by atoms with E-state index in [1.807, 2.05) is 48.5 Å². The van der Waals surface area contributed by atoms with Crippen LogP contribution in [0.15, 0.2) is 72.8 Å². The Morgan fingerprint density at radius 1 is 0.659 bits per heavy atom. The first-order chi connectivity index (χ1) is 21.3. The van der Waals surface area contributed by atoms with Crippen LogP contribution >= 0.6 is 0 Å². The number of allylic oxidation sites excluding steroid dienone is 2. The maximum atomic E-state index is 13.2. The highest BCUT2D eigenvalue weighted by molar-refractivity contribution is 6.02. The molecular weight excluding hydrogens is 576 g/mol. The van der Waals surface area contributed by atoms with Crippen molar-refractivity contribution in [3.05, 3.63) is 72.8 Å². The molecular formula is C32H36O12. The minimum Gasteiger partial charge on any atom is -0.491 e. The van der Waals surface area contributed by atoms with Crippen LogP contribution in [0.3, 0.4) is 0 Å². The van der Waals surface area contributed by atoms with Gasteiger partial charge in [-0.25, -0.2) is 0 Å². The molecule has 1 saturated carbocycles. The van der Waals surface area contributed by atoms with Crippen molar-refractivity contribution in [2.45, 2.75) is 6.42 Å². The van der Waals surface area contributed by atoms with Gasteiger partial charge in [-0.3, -0.25) is 19.2 Å². The zero-order valence-corrected chi connectivity index (χ0v) is 24.1. The highest BCUT2D eigenvalue weighted by Crippen LogP contribution is 2.55. The first-order valence-electron chi connectivity index (χ1n) is 14.3. The fraction of sp³-hybridized carbons (Fsp3) is 0.438. The van der Waals surface area contributed by atoms with Crippen molar-refractivity contribution >= 4 is 23.9 Å². The number of carboxylic acids is 2. The second kappa shape index (κ2) is 15.9. The molecule has 0 heterocycles. The Morgan fingerprint density at radius 2 is 1.18 bits per heavy atom. The minimum atomic E-state index is -2.17. The van der Waals surface area contributed by atoms with E-state index in [0.717, 1.165) is 0 Å². The van der Waals surface area contributed by atoms with Gasteiger partial charge in [0.05, 0.1) is 38.3 Å². The number of hydrogen-bond acceptors (Lipinski definition) is 10. The normalized spacial score (nSPS) is 23.5. The molecule has 0 spiro atoms. The molecule has 44 heavy (non-hydrogen) atoms. The number of carbonyl (C=O) groups is 4. The van der Waals surface area contributed by atoms with Gasteiger partial charge in [0.2, 0.25) is 0 Å². The van der Waals surface area contributed by atoms with Crippen LogP contribution in [0.1, 0.15) is 6.42 Å². The Bertz CT molecular complexity index is 1280. The van der Waals surface area contributed by atoms with Crippen molar-refractivity contribution in [1.82, 2.24) is 0 Å². The highest BCUT2D eigenvalue weighted by atomic mass is 16.6. The van der Waals surface area contributed by atoms with Gasteiger partial charge in [-0.15, -0.1) is 0 Å². The maximum absolute atomic E-state index is 13.2. The molecule has 12 heteroatoms. The van der Waals surface area contributed by atoms with Gasteiger partial charge in [0, 0.05) is 5.92 Å². The van der Waals surface area contributed by atoms with Crippen LogP contribution < -0.4 is 9.47 Å². The maximum Gasteiger partial charge on any atom is 0.324 e. The minimum absolute atomic E-state index is 0.0126. The van der Waals surface area contributed by atoms with Crippen molar-refractivity contribution in [1.29, 1.82) is 0 Å². The third kappa shape index (κ3) is 7.94. The molecule has 0 radical (unpaired) electrons. The van der Waals surface area contributed by atoms with E-state index in [-0.39, 0.29) is 52.7 Å². The molecule has 5 rings (SSSR count). The van der Waals surface area contributed by atoms with Crippen molar-refractivity contribution in [2.75, 3.05) is 52.9 Å². The fourth-order valence-corrected chi connectivity index (χ4v) is 5.62. The standard InChI is InChI=1S/C32H36O12/c33-28(34)27-25-12-11-22(26(27)29(35)43-19-15-39-13-17-41-23-7-3-1-4-8-23)21-32(25,30(36)37)31(38)44-20-16-40-14-18-42-24-9-5-2-6-10-24/h1-12,22,25-27H,13-21H2,(H,33,34)(H,36,37). The molecule has 0 aromatic heterocycles. The third-order valence-corrected chi connectivity index (χ3v) is 7.64. The van der Waals surface area contributed by atoms with Gasteiger partial charge in [-0.2, -0.15) is 0 Å². The number of esters is 2. The molecule has 12 nitrogen and oxygen atoms in total. The summed E-state index contributed by atoms with van der Waals surface area (Å²) in [6, 6.07) is 18.3. The van der Waals surface area contributed by atoms with Gasteiger partial charge in [0.25, 0.3) is 0 Å². The van der Waals surface area contributed by atoms with Gasteiger partial charge in [-0.05, 0) is 36.6 Å². The molecule has 2 N–H and O–H groups in total. The molecule has 2 aromatic rings.